The van der Waals surface area contributed by atoms with Gasteiger partial charge in [-0.2, -0.15) is 13.2 Å². The summed E-state index contributed by atoms with van der Waals surface area (Å²) < 4.78 is 92.1. The summed E-state index contributed by atoms with van der Waals surface area (Å²) in [4.78, 5) is 16.0. The Morgan fingerprint density at radius 1 is 0.941 bits per heavy atom. The number of benzene rings is 1. The van der Waals surface area contributed by atoms with E-state index in [0.717, 1.165) is 24.3 Å². The van der Waals surface area contributed by atoms with Crippen molar-refractivity contribution in [3.63, 3.8) is 0 Å². The van der Waals surface area contributed by atoms with Gasteiger partial charge in [0.05, 0.1) is 35.4 Å². The van der Waals surface area contributed by atoms with Gasteiger partial charge in [0, 0.05) is 48.7 Å². The number of aliphatic hydroxyl groups is 2. The number of hydrogen-bond acceptors (Lipinski definition) is 7. The fraction of sp³-hybridized carbons (Fsp3) is 0.605. The molecule has 7 nitrogen and oxygen atoms in total. The number of pyridine rings is 1. The molecule has 1 saturated heterocycles. The van der Waals surface area contributed by atoms with Crippen LogP contribution in [0, 0.1) is 5.41 Å². The number of rotatable bonds is 8. The number of aliphatic hydroxyl groups excluding tert-OH is 1. The normalized spacial score (nSPS) is 22.0. The molecule has 278 valence electrons. The van der Waals surface area contributed by atoms with Crippen LogP contribution in [0.4, 0.5) is 32.3 Å². The number of hydrogen-bond donors (Lipinski definition) is 2. The van der Waals surface area contributed by atoms with Gasteiger partial charge < -0.3 is 19.8 Å². The summed E-state index contributed by atoms with van der Waals surface area (Å²) in [6.07, 6.45) is -3.00. The van der Waals surface area contributed by atoms with Crippen molar-refractivity contribution < 1.29 is 41.3 Å². The number of anilines is 1. The van der Waals surface area contributed by atoms with Gasteiger partial charge in [-0.25, -0.2) is 23.1 Å². The molecule has 2 N–H and O–H groups in total. The molecule has 3 aliphatic rings. The zero-order chi connectivity index (χ0) is 36.9. The molecule has 3 heterocycles. The number of nitrogens with zero attached hydrogens (tertiary/aromatic N) is 4. The van der Waals surface area contributed by atoms with E-state index in [0.29, 0.717) is 73.0 Å². The molecular formula is C38H46F6N4O3. The number of ether oxygens (including phenoxy) is 1. The zero-order valence-electron chi connectivity index (χ0n) is 29.4. The monoisotopic (exact) mass is 720 g/mol. The van der Waals surface area contributed by atoms with Crippen LogP contribution in [0.25, 0.3) is 0 Å². The molecule has 0 radical (unpaired) electrons. The van der Waals surface area contributed by atoms with Crippen molar-refractivity contribution in [2.75, 3.05) is 24.6 Å². The van der Waals surface area contributed by atoms with Gasteiger partial charge in [0.15, 0.2) is 11.9 Å². The van der Waals surface area contributed by atoms with E-state index < -0.39 is 41.5 Å². The number of halogens is 6. The van der Waals surface area contributed by atoms with Crippen molar-refractivity contribution >= 4 is 5.95 Å². The molecule has 1 aromatic carbocycles. The second-order valence-corrected chi connectivity index (χ2v) is 15.9. The lowest BCUT2D eigenvalue weighted by Gasteiger charge is -2.41. The first kappa shape index (κ1) is 37.3. The first-order valence-corrected chi connectivity index (χ1v) is 17.7. The van der Waals surface area contributed by atoms with Crippen molar-refractivity contribution in [2.45, 2.75) is 121 Å². The highest BCUT2D eigenvalue weighted by molar-refractivity contribution is 5.51. The van der Waals surface area contributed by atoms with E-state index in [-0.39, 0.29) is 54.7 Å². The molecule has 0 bridgehead atoms. The molecular weight excluding hydrogens is 674 g/mol. The van der Waals surface area contributed by atoms with Gasteiger partial charge in [-0.1, -0.05) is 26.0 Å². The lowest BCUT2D eigenvalue weighted by Crippen LogP contribution is -2.36. The summed E-state index contributed by atoms with van der Waals surface area (Å²) in [7, 11) is 0. The number of alkyl halides is 6. The molecule has 13 heteroatoms. The Bertz CT molecular complexity index is 1670. The van der Waals surface area contributed by atoms with Gasteiger partial charge in [0.1, 0.15) is 6.61 Å². The highest BCUT2D eigenvalue weighted by atomic mass is 19.4. The minimum Gasteiger partial charge on any atom is -0.487 e. The van der Waals surface area contributed by atoms with E-state index >= 15 is 4.39 Å². The third kappa shape index (κ3) is 8.45. The molecule has 2 aromatic heterocycles. The molecule has 0 amide bonds. The fourth-order valence-electron chi connectivity index (χ4n) is 7.88. The third-order valence-electron chi connectivity index (χ3n) is 10.4. The summed E-state index contributed by atoms with van der Waals surface area (Å²) in [6, 6.07) is 3.96. The van der Waals surface area contributed by atoms with Crippen LogP contribution in [-0.2, 0) is 12.6 Å². The van der Waals surface area contributed by atoms with Gasteiger partial charge in [0.2, 0.25) is 11.9 Å². The second-order valence-electron chi connectivity index (χ2n) is 15.9. The number of aromatic nitrogens is 3. The minimum absolute atomic E-state index is 0.0109. The molecule has 1 aliphatic heterocycles. The van der Waals surface area contributed by atoms with Crippen LogP contribution in [0.15, 0.2) is 36.7 Å². The maximum Gasteiger partial charge on any atom is 0.416 e. The van der Waals surface area contributed by atoms with Crippen molar-refractivity contribution in [3.8, 4) is 5.75 Å². The summed E-state index contributed by atoms with van der Waals surface area (Å²) in [5, 5.41) is 21.5. The maximum atomic E-state index is 17.2. The third-order valence-corrected chi connectivity index (χ3v) is 10.4. The largest absolute Gasteiger partial charge is 0.487 e. The lowest BCUT2D eigenvalue weighted by molar-refractivity contribution is -0.137. The van der Waals surface area contributed by atoms with Crippen LogP contribution >= 0.6 is 0 Å². The average Bonchev–Trinajstić information content (AvgIpc) is 3.05. The summed E-state index contributed by atoms with van der Waals surface area (Å²) >= 11 is 0. The minimum atomic E-state index is -4.60. The molecule has 6 rings (SSSR count). The van der Waals surface area contributed by atoms with Gasteiger partial charge >= 0.3 is 6.18 Å². The highest BCUT2D eigenvalue weighted by Gasteiger charge is 2.44. The Hall–Kier alpha value is -3.45. The average molecular weight is 721 g/mol. The van der Waals surface area contributed by atoms with E-state index in [4.69, 9.17) is 9.72 Å². The number of fused-ring (bicyclic) bond motifs is 1. The van der Waals surface area contributed by atoms with E-state index in [2.05, 4.69) is 9.97 Å². The molecule has 2 fully saturated rings. The predicted octanol–water partition coefficient (Wildman–Crippen LogP) is 8.78. The zero-order valence-corrected chi connectivity index (χ0v) is 29.4. The summed E-state index contributed by atoms with van der Waals surface area (Å²) in [5.74, 6) is -2.68. The van der Waals surface area contributed by atoms with Crippen LogP contribution in [-0.4, -0.2) is 56.4 Å². The summed E-state index contributed by atoms with van der Waals surface area (Å²) in [6.45, 7) is 8.38. The van der Waals surface area contributed by atoms with Gasteiger partial charge in [0.25, 0.3) is 0 Å². The Morgan fingerprint density at radius 2 is 1.55 bits per heavy atom. The van der Waals surface area contributed by atoms with Crippen LogP contribution in [0.2, 0.25) is 0 Å². The predicted molar refractivity (Wildman–Crippen MR) is 180 cm³/mol. The SMILES string of the molecule is CC(C)(O)COc1cnc(N2CCC(c3nc4c(c(C5CCC(F)(F)CC5)c3[C@@H](F)c3ccc(C(F)(F)F)cc3)C(O)CC(C)(C)C4)CC2)nc1. The van der Waals surface area contributed by atoms with Crippen LogP contribution in [0.5, 0.6) is 5.75 Å². The van der Waals surface area contributed by atoms with Gasteiger partial charge in [-0.05, 0) is 87.0 Å². The molecule has 1 unspecified atom stereocenters. The van der Waals surface area contributed by atoms with Crippen molar-refractivity contribution in [3.05, 3.63) is 75.9 Å². The molecule has 1 saturated carbocycles. The maximum absolute atomic E-state index is 17.2. The first-order chi connectivity index (χ1) is 23.8. The van der Waals surface area contributed by atoms with Crippen LogP contribution in [0.1, 0.15) is 136 Å². The molecule has 51 heavy (non-hydrogen) atoms. The van der Waals surface area contributed by atoms with Gasteiger partial charge in [-0.15, -0.1) is 0 Å². The van der Waals surface area contributed by atoms with Crippen molar-refractivity contribution in [1.82, 2.24) is 15.0 Å². The van der Waals surface area contributed by atoms with Crippen molar-refractivity contribution in [2.24, 2.45) is 5.41 Å². The van der Waals surface area contributed by atoms with Crippen LogP contribution < -0.4 is 9.64 Å². The Balaban J connectivity index is 1.39. The first-order valence-electron chi connectivity index (χ1n) is 17.7. The van der Waals surface area contributed by atoms with E-state index in [1.807, 2.05) is 18.7 Å². The number of piperidine rings is 1. The fourth-order valence-corrected chi connectivity index (χ4v) is 7.88. The topological polar surface area (TPSA) is 91.6 Å². The van der Waals surface area contributed by atoms with E-state index in [1.54, 1.807) is 13.8 Å². The second kappa shape index (κ2) is 13.8. The van der Waals surface area contributed by atoms with E-state index in [1.165, 1.54) is 12.4 Å². The van der Waals surface area contributed by atoms with Gasteiger partial charge in [-0.3, -0.25) is 4.98 Å². The Kier molecular flexibility index (Phi) is 10.1. The summed E-state index contributed by atoms with van der Waals surface area (Å²) in [5.41, 5.74) is 0.0879. The molecule has 2 atom stereocenters. The Morgan fingerprint density at radius 3 is 2.12 bits per heavy atom. The highest BCUT2D eigenvalue weighted by Crippen LogP contribution is 2.52. The standard InChI is InChI=1S/C38H46F6N4O3/c1-35(2)17-27-30(28(49)18-35)29(22-9-13-37(40,41)14-10-22)31(32(39)23-5-7-25(8-6-23)38(42,43)44)33(47-27)24-11-15-48(16-12-24)34-45-19-26(20-46-34)51-21-36(3,4)50/h5-8,19-20,22,24,28,32,49-50H,9-18,21H2,1-4H3/t28?,32-/m0/s1. The Labute approximate surface area is 294 Å². The lowest BCUT2D eigenvalue weighted by atomic mass is 9.68. The van der Waals surface area contributed by atoms with E-state index in [9.17, 15) is 32.2 Å². The smallest absolute Gasteiger partial charge is 0.416 e. The molecule has 0 spiro atoms. The van der Waals surface area contributed by atoms with Crippen molar-refractivity contribution in [1.29, 1.82) is 0 Å². The molecule has 3 aromatic rings. The van der Waals surface area contributed by atoms with Crippen LogP contribution in [0.3, 0.4) is 0 Å². The molecule has 2 aliphatic carbocycles. The quantitative estimate of drug-likeness (QED) is 0.225.